The largest absolute Gasteiger partial charge is 0.494 e. The minimum atomic E-state index is 0.492. The summed E-state index contributed by atoms with van der Waals surface area (Å²) in [6.07, 6.45) is 7.17. The van der Waals surface area contributed by atoms with Gasteiger partial charge in [-0.1, -0.05) is 5.92 Å². The summed E-state index contributed by atoms with van der Waals surface area (Å²) in [7, 11) is 1.59. The number of terminal acetylenes is 1. The molecule has 0 aliphatic carbocycles. The van der Waals surface area contributed by atoms with Gasteiger partial charge in [-0.05, 0) is 36.4 Å². The highest BCUT2D eigenvalue weighted by Crippen LogP contribution is 2.26. The van der Waals surface area contributed by atoms with E-state index in [9.17, 15) is 0 Å². The van der Waals surface area contributed by atoms with E-state index >= 15 is 0 Å². The molecule has 5 heteroatoms. The molecule has 0 aliphatic rings. The van der Waals surface area contributed by atoms with Crippen LogP contribution in [0.1, 0.15) is 5.56 Å². The van der Waals surface area contributed by atoms with Crippen molar-refractivity contribution in [3.8, 4) is 18.1 Å². The van der Waals surface area contributed by atoms with Crippen LogP contribution in [0.25, 0.3) is 10.9 Å². The van der Waals surface area contributed by atoms with Crippen molar-refractivity contribution in [3.63, 3.8) is 0 Å². The Morgan fingerprint density at radius 2 is 2.00 bits per heavy atom. The first-order valence-corrected chi connectivity index (χ1v) is 7.02. The average Bonchev–Trinajstić information content (AvgIpc) is 2.56. The van der Waals surface area contributed by atoms with Crippen molar-refractivity contribution in [2.24, 2.45) is 0 Å². The van der Waals surface area contributed by atoms with Gasteiger partial charge in [-0.15, -0.1) is 19.1 Å². The van der Waals surface area contributed by atoms with Crippen LogP contribution in [-0.2, 0) is 0 Å². The first kappa shape index (κ1) is 14.2. The van der Waals surface area contributed by atoms with Gasteiger partial charge in [-0.25, -0.2) is 9.97 Å². The van der Waals surface area contributed by atoms with Gasteiger partial charge in [0.1, 0.15) is 11.3 Å². The van der Waals surface area contributed by atoms with Gasteiger partial charge in [0.15, 0.2) is 0 Å². The van der Waals surface area contributed by atoms with Crippen molar-refractivity contribution in [3.05, 3.63) is 48.2 Å². The lowest BCUT2D eigenvalue weighted by molar-refractivity contribution is 0.419. The minimum Gasteiger partial charge on any atom is -0.494 e. The molecule has 0 spiro atoms. The smallest absolute Gasteiger partial charge is 0.227 e. The third-order valence-electron chi connectivity index (χ3n) is 3.16. The van der Waals surface area contributed by atoms with Crippen molar-refractivity contribution in [1.82, 2.24) is 9.97 Å². The van der Waals surface area contributed by atoms with E-state index in [1.165, 1.54) is 0 Å². The lowest BCUT2D eigenvalue weighted by Gasteiger charge is -2.09. The lowest BCUT2D eigenvalue weighted by atomic mass is 10.1. The normalized spacial score (nSPS) is 10.2. The number of hydrogen-bond acceptors (Lipinski definition) is 5. The SMILES string of the molecule is C#Cc1cc(OC)c2nc(Nc3ccc(S)cc3)ncc2c1. The predicted octanol–water partition coefficient (Wildman–Crippen LogP) is 3.65. The number of methoxy groups -OCH3 is 1. The van der Waals surface area contributed by atoms with Crippen molar-refractivity contribution in [2.45, 2.75) is 4.90 Å². The Kier molecular flexibility index (Phi) is 3.86. The lowest BCUT2D eigenvalue weighted by Crippen LogP contribution is -1.98. The van der Waals surface area contributed by atoms with Crippen LogP contribution in [0.5, 0.6) is 5.75 Å². The van der Waals surface area contributed by atoms with Crippen LogP contribution in [0.4, 0.5) is 11.6 Å². The number of nitrogens with zero attached hydrogens (tertiary/aromatic N) is 2. The van der Waals surface area contributed by atoms with E-state index in [2.05, 4.69) is 33.8 Å². The molecule has 1 N–H and O–H groups in total. The Labute approximate surface area is 134 Å². The molecule has 0 saturated heterocycles. The van der Waals surface area contributed by atoms with Crippen LogP contribution in [0.3, 0.4) is 0 Å². The molecule has 0 atom stereocenters. The molecule has 0 bridgehead atoms. The van der Waals surface area contributed by atoms with Crippen LogP contribution >= 0.6 is 12.6 Å². The molecule has 0 aliphatic heterocycles. The second-order valence-electron chi connectivity index (χ2n) is 4.63. The van der Waals surface area contributed by atoms with E-state index in [-0.39, 0.29) is 0 Å². The molecule has 2 aromatic carbocycles. The standard InChI is InChI=1S/C17H13N3OS/c1-3-11-8-12-10-18-17(20-16(12)15(9-11)21-2)19-13-4-6-14(22)7-5-13/h1,4-10,22H,2H3,(H,18,19,20). The minimum absolute atomic E-state index is 0.492. The van der Waals surface area contributed by atoms with Gasteiger partial charge in [0.05, 0.1) is 7.11 Å². The highest BCUT2D eigenvalue weighted by molar-refractivity contribution is 7.80. The molecule has 3 aromatic rings. The van der Waals surface area contributed by atoms with E-state index in [0.29, 0.717) is 17.2 Å². The molecule has 22 heavy (non-hydrogen) atoms. The summed E-state index contributed by atoms with van der Waals surface area (Å²) in [6, 6.07) is 11.3. The van der Waals surface area contributed by atoms with Gasteiger partial charge in [0.2, 0.25) is 5.95 Å². The third kappa shape index (κ3) is 2.83. The summed E-state index contributed by atoms with van der Waals surface area (Å²) in [5, 5.41) is 3.99. The third-order valence-corrected chi connectivity index (χ3v) is 3.46. The molecule has 1 heterocycles. The number of nitrogens with one attached hydrogen (secondary N) is 1. The van der Waals surface area contributed by atoms with Gasteiger partial charge in [-0.2, -0.15) is 0 Å². The van der Waals surface area contributed by atoms with E-state index in [1.807, 2.05) is 30.3 Å². The van der Waals surface area contributed by atoms with Crippen LogP contribution in [0.15, 0.2) is 47.5 Å². The van der Waals surface area contributed by atoms with Gasteiger partial charge >= 0.3 is 0 Å². The van der Waals surface area contributed by atoms with Crippen molar-refractivity contribution in [1.29, 1.82) is 0 Å². The summed E-state index contributed by atoms with van der Waals surface area (Å²) in [6.45, 7) is 0. The summed E-state index contributed by atoms with van der Waals surface area (Å²) in [4.78, 5) is 9.71. The first-order chi connectivity index (χ1) is 10.7. The van der Waals surface area contributed by atoms with E-state index in [0.717, 1.165) is 21.5 Å². The summed E-state index contributed by atoms with van der Waals surface area (Å²) in [5.41, 5.74) is 2.33. The number of fused-ring (bicyclic) bond motifs is 1. The zero-order valence-electron chi connectivity index (χ0n) is 11.9. The van der Waals surface area contributed by atoms with Crippen LogP contribution in [-0.4, -0.2) is 17.1 Å². The maximum Gasteiger partial charge on any atom is 0.227 e. The molecule has 0 saturated carbocycles. The molecule has 0 unspecified atom stereocenters. The van der Waals surface area contributed by atoms with E-state index in [4.69, 9.17) is 11.2 Å². The number of anilines is 2. The number of hydrogen-bond donors (Lipinski definition) is 2. The molecule has 1 aromatic heterocycles. The summed E-state index contributed by atoms with van der Waals surface area (Å²) < 4.78 is 5.37. The Hall–Kier alpha value is -2.71. The zero-order valence-corrected chi connectivity index (χ0v) is 12.8. The average molecular weight is 307 g/mol. The number of benzene rings is 2. The zero-order chi connectivity index (χ0) is 15.5. The molecule has 0 radical (unpaired) electrons. The fourth-order valence-electron chi connectivity index (χ4n) is 2.09. The monoisotopic (exact) mass is 307 g/mol. The van der Waals surface area contributed by atoms with Gasteiger partial charge < -0.3 is 10.1 Å². The molecule has 3 rings (SSSR count). The van der Waals surface area contributed by atoms with Crippen molar-refractivity contribution >= 4 is 35.2 Å². The number of aromatic nitrogens is 2. The topological polar surface area (TPSA) is 47.0 Å². The van der Waals surface area contributed by atoms with Crippen molar-refractivity contribution in [2.75, 3.05) is 12.4 Å². The molecule has 0 fully saturated rings. The second-order valence-corrected chi connectivity index (χ2v) is 5.14. The fourth-order valence-corrected chi connectivity index (χ4v) is 2.24. The Balaban J connectivity index is 2.02. The second kappa shape index (κ2) is 5.96. The highest BCUT2D eigenvalue weighted by atomic mass is 32.1. The quantitative estimate of drug-likeness (QED) is 0.573. The predicted molar refractivity (Wildman–Crippen MR) is 91.0 cm³/mol. The molecule has 108 valence electrons. The summed E-state index contributed by atoms with van der Waals surface area (Å²) >= 11 is 4.26. The number of thiol groups is 1. The molecular weight excluding hydrogens is 294 g/mol. The molecule has 0 amide bonds. The molecule has 4 nitrogen and oxygen atoms in total. The Morgan fingerprint density at radius 1 is 1.23 bits per heavy atom. The van der Waals surface area contributed by atoms with Crippen molar-refractivity contribution < 1.29 is 4.74 Å². The van der Waals surface area contributed by atoms with Gasteiger partial charge in [-0.3, -0.25) is 0 Å². The van der Waals surface area contributed by atoms with E-state index < -0.39 is 0 Å². The maximum atomic E-state index is 5.44. The van der Waals surface area contributed by atoms with Crippen LogP contribution in [0.2, 0.25) is 0 Å². The highest BCUT2D eigenvalue weighted by Gasteiger charge is 2.08. The van der Waals surface area contributed by atoms with Crippen LogP contribution < -0.4 is 10.1 Å². The van der Waals surface area contributed by atoms with Gasteiger partial charge in [0, 0.05) is 27.7 Å². The first-order valence-electron chi connectivity index (χ1n) is 6.57. The Morgan fingerprint density at radius 3 is 2.68 bits per heavy atom. The maximum absolute atomic E-state index is 5.44. The Bertz CT molecular complexity index is 869. The van der Waals surface area contributed by atoms with E-state index in [1.54, 1.807) is 19.4 Å². The van der Waals surface area contributed by atoms with Gasteiger partial charge in [0.25, 0.3) is 0 Å². The summed E-state index contributed by atoms with van der Waals surface area (Å²) in [5.74, 6) is 3.71. The fraction of sp³-hybridized carbons (Fsp3) is 0.0588. The van der Waals surface area contributed by atoms with Crippen LogP contribution in [0, 0.1) is 12.3 Å². The number of rotatable bonds is 3. The molecular formula is C17H13N3OS. The number of ether oxygens (including phenoxy) is 1.